The highest BCUT2D eigenvalue weighted by Crippen LogP contribution is 2.15. The molecule has 2 N–H and O–H groups in total. The minimum atomic E-state index is -0.765. The zero-order valence-corrected chi connectivity index (χ0v) is 12.9. The molecule has 3 aromatic rings. The van der Waals surface area contributed by atoms with Gasteiger partial charge in [-0.1, -0.05) is 36.4 Å². The van der Waals surface area contributed by atoms with Crippen LogP contribution in [0.2, 0.25) is 0 Å². The fourth-order valence-electron chi connectivity index (χ4n) is 2.37. The van der Waals surface area contributed by atoms with Gasteiger partial charge in [-0.15, -0.1) is 0 Å². The molecule has 2 heterocycles. The van der Waals surface area contributed by atoms with Crippen LogP contribution in [-0.4, -0.2) is 14.5 Å². The molecule has 2 aromatic heterocycles. The van der Waals surface area contributed by atoms with Crippen LogP contribution in [0.5, 0.6) is 0 Å². The molecule has 24 heavy (non-hydrogen) atoms. The molecule has 0 bridgehead atoms. The molecule has 1 atom stereocenters. The van der Waals surface area contributed by atoms with E-state index >= 15 is 0 Å². The van der Waals surface area contributed by atoms with Crippen molar-refractivity contribution in [3.8, 4) is 5.82 Å². The van der Waals surface area contributed by atoms with Crippen LogP contribution in [0.15, 0.2) is 64.2 Å². The van der Waals surface area contributed by atoms with Crippen molar-refractivity contribution in [2.45, 2.75) is 13.0 Å². The van der Waals surface area contributed by atoms with Crippen molar-refractivity contribution in [2.75, 3.05) is 5.32 Å². The Morgan fingerprint density at radius 3 is 2.54 bits per heavy atom. The lowest BCUT2D eigenvalue weighted by Gasteiger charge is -2.15. The first-order valence-corrected chi connectivity index (χ1v) is 7.35. The van der Waals surface area contributed by atoms with Gasteiger partial charge in [-0.05, 0) is 24.6 Å². The van der Waals surface area contributed by atoms with Crippen molar-refractivity contribution < 1.29 is 4.39 Å². The first kappa shape index (κ1) is 15.7. The highest BCUT2D eigenvalue weighted by Gasteiger charge is 2.11. The Bertz CT molecular complexity index is 935. The van der Waals surface area contributed by atoms with Crippen LogP contribution >= 0.6 is 0 Å². The number of rotatable bonds is 4. The van der Waals surface area contributed by atoms with E-state index in [9.17, 15) is 14.0 Å². The van der Waals surface area contributed by atoms with Crippen LogP contribution in [0.4, 0.5) is 10.2 Å². The number of pyridine rings is 1. The van der Waals surface area contributed by atoms with Gasteiger partial charge in [0.25, 0.3) is 5.56 Å². The van der Waals surface area contributed by atoms with Gasteiger partial charge >= 0.3 is 5.69 Å². The number of anilines is 1. The molecule has 1 unspecified atom stereocenters. The standard InChI is InChI=1S/C17H15FN4O2/c1-11(12-6-3-2-4-7-12)19-14-10-16(23)22(17(24)21-14)15-9-5-8-13(18)20-15/h2-11,19H,1H3,(H,21,24). The summed E-state index contributed by atoms with van der Waals surface area (Å²) in [5.74, 6) is -0.545. The summed E-state index contributed by atoms with van der Waals surface area (Å²) >= 11 is 0. The molecule has 3 rings (SSSR count). The maximum Gasteiger partial charge on any atom is 0.335 e. The zero-order chi connectivity index (χ0) is 17.1. The smallest absolute Gasteiger partial charge is 0.335 e. The summed E-state index contributed by atoms with van der Waals surface area (Å²) in [5.41, 5.74) is -0.280. The first-order valence-electron chi connectivity index (χ1n) is 7.35. The maximum absolute atomic E-state index is 13.2. The van der Waals surface area contributed by atoms with Crippen LogP contribution in [0, 0.1) is 5.95 Å². The number of hydrogen-bond acceptors (Lipinski definition) is 4. The monoisotopic (exact) mass is 326 g/mol. The Hall–Kier alpha value is -3.22. The molecule has 1 aromatic carbocycles. The third-order valence-corrected chi connectivity index (χ3v) is 3.53. The highest BCUT2D eigenvalue weighted by atomic mass is 19.1. The summed E-state index contributed by atoms with van der Waals surface area (Å²) in [5, 5.41) is 3.07. The lowest BCUT2D eigenvalue weighted by atomic mass is 10.1. The van der Waals surface area contributed by atoms with Gasteiger partial charge < -0.3 is 5.32 Å². The van der Waals surface area contributed by atoms with Crippen LogP contribution < -0.4 is 16.6 Å². The van der Waals surface area contributed by atoms with Crippen LogP contribution in [0.1, 0.15) is 18.5 Å². The second-order valence-corrected chi connectivity index (χ2v) is 5.26. The first-order chi connectivity index (χ1) is 11.5. The molecule has 122 valence electrons. The van der Waals surface area contributed by atoms with Crippen LogP contribution in [0.25, 0.3) is 5.82 Å². The molecular formula is C17H15FN4O2. The number of benzene rings is 1. The van der Waals surface area contributed by atoms with Gasteiger partial charge in [-0.25, -0.2) is 14.3 Å². The molecule has 0 amide bonds. The van der Waals surface area contributed by atoms with Crippen molar-refractivity contribution in [3.63, 3.8) is 0 Å². The molecule has 0 spiro atoms. The predicted octanol–water partition coefficient (Wildman–Crippen LogP) is 2.23. The number of nitrogens with zero attached hydrogens (tertiary/aromatic N) is 2. The van der Waals surface area contributed by atoms with E-state index in [1.54, 1.807) is 0 Å². The molecule has 0 aliphatic carbocycles. The minimum absolute atomic E-state index is 0.0658. The number of halogens is 1. The van der Waals surface area contributed by atoms with Crippen LogP contribution in [-0.2, 0) is 0 Å². The fraction of sp³-hybridized carbons (Fsp3) is 0.118. The fourth-order valence-corrected chi connectivity index (χ4v) is 2.37. The molecule has 7 heteroatoms. The van der Waals surface area contributed by atoms with E-state index in [0.29, 0.717) is 0 Å². The van der Waals surface area contributed by atoms with Gasteiger partial charge in [0.05, 0.1) is 0 Å². The second kappa shape index (κ2) is 6.49. The summed E-state index contributed by atoms with van der Waals surface area (Å²) in [6.07, 6.45) is 0. The summed E-state index contributed by atoms with van der Waals surface area (Å²) in [6.45, 7) is 1.91. The lowest BCUT2D eigenvalue weighted by molar-refractivity contribution is 0.578. The average Bonchev–Trinajstić information content (AvgIpc) is 2.55. The number of H-pyrrole nitrogens is 1. The van der Waals surface area contributed by atoms with Crippen LogP contribution in [0.3, 0.4) is 0 Å². The summed E-state index contributed by atoms with van der Waals surface area (Å²) in [7, 11) is 0. The molecule has 0 aliphatic heterocycles. The number of nitrogens with one attached hydrogen (secondary N) is 2. The van der Waals surface area contributed by atoms with Crippen molar-refractivity contribution in [1.29, 1.82) is 0 Å². The number of aromatic amines is 1. The second-order valence-electron chi connectivity index (χ2n) is 5.26. The highest BCUT2D eigenvalue weighted by molar-refractivity contribution is 5.38. The van der Waals surface area contributed by atoms with Gasteiger partial charge in [-0.2, -0.15) is 4.39 Å². The average molecular weight is 326 g/mol. The molecular weight excluding hydrogens is 311 g/mol. The maximum atomic E-state index is 13.2. The summed E-state index contributed by atoms with van der Waals surface area (Å²) in [6, 6.07) is 14.6. The molecule has 6 nitrogen and oxygen atoms in total. The Balaban J connectivity index is 1.93. The van der Waals surface area contributed by atoms with Crippen molar-refractivity contribution >= 4 is 5.82 Å². The van der Waals surface area contributed by atoms with E-state index in [-0.39, 0.29) is 17.7 Å². The van der Waals surface area contributed by atoms with Gasteiger partial charge in [0.2, 0.25) is 5.95 Å². The Labute approximate surface area is 136 Å². The Kier molecular flexibility index (Phi) is 4.24. The number of aromatic nitrogens is 3. The van der Waals surface area contributed by atoms with E-state index in [2.05, 4.69) is 15.3 Å². The molecule has 0 aliphatic rings. The van der Waals surface area contributed by atoms with Crippen molar-refractivity contribution in [2.24, 2.45) is 0 Å². The SMILES string of the molecule is CC(Nc1cc(=O)n(-c2cccc(F)n2)c(=O)[nH]1)c1ccccc1. The van der Waals surface area contributed by atoms with Gasteiger partial charge in [0.15, 0.2) is 0 Å². The van der Waals surface area contributed by atoms with Crippen molar-refractivity contribution in [1.82, 2.24) is 14.5 Å². The van der Waals surface area contributed by atoms with E-state index < -0.39 is 17.2 Å². The van der Waals surface area contributed by atoms with E-state index in [1.807, 2.05) is 37.3 Å². The Morgan fingerprint density at radius 1 is 1.12 bits per heavy atom. The lowest BCUT2D eigenvalue weighted by Crippen LogP contribution is -2.34. The Morgan fingerprint density at radius 2 is 1.88 bits per heavy atom. The summed E-state index contributed by atoms with van der Waals surface area (Å²) < 4.78 is 14.0. The largest absolute Gasteiger partial charge is 0.365 e. The molecule has 0 saturated carbocycles. The zero-order valence-electron chi connectivity index (χ0n) is 12.9. The predicted molar refractivity (Wildman–Crippen MR) is 88.9 cm³/mol. The molecule has 0 saturated heterocycles. The van der Waals surface area contributed by atoms with E-state index in [0.717, 1.165) is 16.2 Å². The third-order valence-electron chi connectivity index (χ3n) is 3.53. The van der Waals surface area contributed by atoms with Crippen molar-refractivity contribution in [3.05, 3.63) is 86.9 Å². The molecule has 0 radical (unpaired) electrons. The minimum Gasteiger partial charge on any atom is -0.365 e. The van der Waals surface area contributed by atoms with E-state index in [4.69, 9.17) is 0 Å². The van der Waals surface area contributed by atoms with Gasteiger partial charge in [0, 0.05) is 12.1 Å². The number of hydrogen-bond donors (Lipinski definition) is 2. The van der Waals surface area contributed by atoms with Gasteiger partial charge in [-0.3, -0.25) is 9.78 Å². The molecule has 0 fully saturated rings. The van der Waals surface area contributed by atoms with E-state index in [1.165, 1.54) is 18.2 Å². The topological polar surface area (TPSA) is 79.8 Å². The van der Waals surface area contributed by atoms with Gasteiger partial charge in [0.1, 0.15) is 11.6 Å². The quantitative estimate of drug-likeness (QED) is 0.721. The normalized spacial score (nSPS) is 11.9. The third kappa shape index (κ3) is 3.24. The summed E-state index contributed by atoms with van der Waals surface area (Å²) in [4.78, 5) is 30.6.